The molecule has 8 N–H and O–H groups in total. The van der Waals surface area contributed by atoms with Gasteiger partial charge in [0.05, 0.1) is 31.8 Å². The zero-order valence-electron chi connectivity index (χ0n) is 27.6. The van der Waals surface area contributed by atoms with E-state index in [1.807, 2.05) is 43.3 Å². The van der Waals surface area contributed by atoms with E-state index in [9.17, 15) is 31.1 Å². The molecule has 280 valence electrons. The highest BCUT2D eigenvalue weighted by molar-refractivity contribution is 5.96. The van der Waals surface area contributed by atoms with E-state index in [0.717, 1.165) is 53.7 Å². The van der Waals surface area contributed by atoms with Crippen molar-refractivity contribution in [3.63, 3.8) is 0 Å². The molecule has 1 aliphatic carbocycles. The summed E-state index contributed by atoms with van der Waals surface area (Å²) in [6.07, 6.45) is -5.68. The van der Waals surface area contributed by atoms with E-state index in [1.54, 1.807) is 14.2 Å². The van der Waals surface area contributed by atoms with Gasteiger partial charge in [0.2, 0.25) is 5.82 Å². The summed E-state index contributed by atoms with van der Waals surface area (Å²) in [7, 11) is 3.23. The number of halogens is 6. The minimum atomic E-state index is -5.08. The van der Waals surface area contributed by atoms with Gasteiger partial charge < -0.3 is 41.8 Å². The number of carboxylic acids is 2. The lowest BCUT2D eigenvalue weighted by atomic mass is 9.90. The Balaban J connectivity index is 0.000000543. The fourth-order valence-corrected chi connectivity index (χ4v) is 4.72. The number of ether oxygens (including phenoxy) is 2. The molecule has 1 aromatic heterocycles. The third-order valence-corrected chi connectivity index (χ3v) is 7.07. The van der Waals surface area contributed by atoms with Crippen LogP contribution >= 0.6 is 0 Å². The fraction of sp³-hybridized carbons (Fsp3) is 0.419. The second-order valence-electron chi connectivity index (χ2n) is 10.9. The summed E-state index contributed by atoms with van der Waals surface area (Å²) in [5, 5.41) is 21.6. The lowest BCUT2D eigenvalue weighted by molar-refractivity contribution is -0.193. The standard InChI is InChI=1S/C27H35N7O3.2C2HF3O2/c1-16-8-10-20-19(14-16)24(32-21-6-4-5-7-22(21)33-27(28)29)34-25(31-20)26(35)30-13-12-17-15-18(36-2)9-11-23(17)37-3;2*3-2(4,5)1(6)7/h8-11,14-15,21-22H,4-7,12-13H2,1-3H3,(H,30,35)(H4,28,29,33)(H,31,32,34);2*(H,6,7). The molecular weight excluding hydrogens is 696 g/mol. The summed E-state index contributed by atoms with van der Waals surface area (Å²) in [5.41, 5.74) is 14.1. The molecule has 0 aliphatic heterocycles. The number of fused-ring (bicyclic) bond motifs is 1. The molecule has 1 aliphatic rings. The zero-order valence-corrected chi connectivity index (χ0v) is 27.6. The maximum Gasteiger partial charge on any atom is 0.490 e. The number of carboxylic acid groups (broad SMARTS) is 2. The van der Waals surface area contributed by atoms with Crippen molar-refractivity contribution in [2.24, 2.45) is 16.5 Å². The van der Waals surface area contributed by atoms with Gasteiger partial charge in [-0.3, -0.25) is 4.79 Å². The van der Waals surface area contributed by atoms with Crippen molar-refractivity contribution in [2.75, 3.05) is 26.1 Å². The van der Waals surface area contributed by atoms with E-state index in [-0.39, 0.29) is 29.8 Å². The van der Waals surface area contributed by atoms with E-state index in [2.05, 4.69) is 25.6 Å². The van der Waals surface area contributed by atoms with Gasteiger partial charge in [-0.05, 0) is 62.1 Å². The number of benzene rings is 2. The quantitative estimate of drug-likeness (QED) is 0.103. The number of aliphatic carboxylic acids is 2. The summed E-state index contributed by atoms with van der Waals surface area (Å²) in [6, 6.07) is 11.4. The third-order valence-electron chi connectivity index (χ3n) is 7.07. The minimum Gasteiger partial charge on any atom is -0.497 e. The molecule has 2 unspecified atom stereocenters. The van der Waals surface area contributed by atoms with Crippen LogP contribution in [0.15, 0.2) is 41.4 Å². The Morgan fingerprint density at radius 2 is 1.53 bits per heavy atom. The van der Waals surface area contributed by atoms with Gasteiger partial charge in [-0.25, -0.2) is 24.5 Å². The maximum atomic E-state index is 13.1. The Kier molecular flexibility index (Phi) is 15.0. The van der Waals surface area contributed by atoms with Gasteiger partial charge in [-0.2, -0.15) is 26.3 Å². The second-order valence-corrected chi connectivity index (χ2v) is 10.9. The molecule has 51 heavy (non-hydrogen) atoms. The van der Waals surface area contributed by atoms with Gasteiger partial charge in [-0.1, -0.05) is 24.5 Å². The number of carbonyl (C=O) groups is 3. The fourth-order valence-electron chi connectivity index (χ4n) is 4.72. The van der Waals surface area contributed by atoms with E-state index in [1.165, 1.54) is 0 Å². The largest absolute Gasteiger partial charge is 0.497 e. The van der Waals surface area contributed by atoms with Gasteiger partial charge in [0.25, 0.3) is 5.91 Å². The summed E-state index contributed by atoms with van der Waals surface area (Å²) < 4.78 is 74.2. The van der Waals surface area contributed by atoms with Crippen LogP contribution in [0.25, 0.3) is 10.9 Å². The molecule has 1 amide bonds. The van der Waals surface area contributed by atoms with E-state index in [4.69, 9.17) is 40.7 Å². The Morgan fingerprint density at radius 1 is 0.922 bits per heavy atom. The maximum absolute atomic E-state index is 13.1. The Hall–Kier alpha value is -5.56. The molecule has 1 heterocycles. The van der Waals surface area contributed by atoms with E-state index in [0.29, 0.717) is 24.3 Å². The number of aryl methyl sites for hydroxylation is 1. The first-order chi connectivity index (χ1) is 23.8. The number of nitrogens with one attached hydrogen (secondary N) is 2. The highest BCUT2D eigenvalue weighted by Crippen LogP contribution is 2.28. The number of nitrogens with two attached hydrogens (primary N) is 2. The third kappa shape index (κ3) is 13.3. The Labute approximate surface area is 287 Å². The molecule has 0 spiro atoms. The first-order valence-corrected chi connectivity index (χ1v) is 15.0. The molecule has 0 radical (unpaired) electrons. The van der Waals surface area contributed by atoms with Crippen LogP contribution in [0.5, 0.6) is 11.5 Å². The van der Waals surface area contributed by atoms with Crippen molar-refractivity contribution < 1.29 is 60.4 Å². The lowest BCUT2D eigenvalue weighted by Crippen LogP contribution is -2.38. The smallest absolute Gasteiger partial charge is 0.490 e. The number of hydrogen-bond acceptors (Lipinski definition) is 9. The van der Waals surface area contributed by atoms with Crippen molar-refractivity contribution in [2.45, 2.75) is 63.5 Å². The number of rotatable bonds is 9. The number of methoxy groups -OCH3 is 2. The topological polar surface area (TPSA) is 224 Å². The van der Waals surface area contributed by atoms with Crippen LogP contribution in [-0.2, 0) is 16.0 Å². The van der Waals surface area contributed by atoms with Crippen LogP contribution in [0.2, 0.25) is 0 Å². The normalized spacial score (nSPS) is 15.5. The van der Waals surface area contributed by atoms with Crippen molar-refractivity contribution in [3.05, 3.63) is 53.3 Å². The molecule has 4 rings (SSSR count). The number of nitrogens with zero attached hydrogens (tertiary/aromatic N) is 3. The molecule has 0 saturated heterocycles. The molecule has 20 heteroatoms. The SMILES string of the molecule is COc1ccc(OC)c(CCNC(=O)c2nc(NC3CCCCC3N=C(N)N)c3cc(C)ccc3n2)c1.O=C(O)C(F)(F)F.O=C(O)C(F)(F)F. The first-order valence-electron chi connectivity index (χ1n) is 15.0. The number of carbonyl (C=O) groups excluding carboxylic acids is 1. The monoisotopic (exact) mass is 733 g/mol. The summed E-state index contributed by atoms with van der Waals surface area (Å²) >= 11 is 0. The number of amides is 1. The van der Waals surface area contributed by atoms with Gasteiger partial charge >= 0.3 is 24.3 Å². The first kappa shape index (κ1) is 41.6. The molecule has 0 bridgehead atoms. The number of alkyl halides is 6. The molecule has 1 saturated carbocycles. The lowest BCUT2D eigenvalue weighted by Gasteiger charge is -2.30. The molecule has 2 aromatic carbocycles. The van der Waals surface area contributed by atoms with Crippen LogP contribution in [0.3, 0.4) is 0 Å². The van der Waals surface area contributed by atoms with Crippen LogP contribution in [0.1, 0.15) is 47.4 Å². The Morgan fingerprint density at radius 3 is 2.08 bits per heavy atom. The van der Waals surface area contributed by atoms with Crippen LogP contribution < -0.4 is 31.6 Å². The highest BCUT2D eigenvalue weighted by Gasteiger charge is 2.39. The number of hydrogen-bond donors (Lipinski definition) is 6. The van der Waals surface area contributed by atoms with Gasteiger partial charge in [0.1, 0.15) is 17.3 Å². The van der Waals surface area contributed by atoms with Crippen molar-refractivity contribution in [3.8, 4) is 11.5 Å². The van der Waals surface area contributed by atoms with Crippen molar-refractivity contribution >= 4 is 40.5 Å². The van der Waals surface area contributed by atoms with Gasteiger partial charge in [-0.15, -0.1) is 0 Å². The molecule has 3 aromatic rings. The number of aromatic nitrogens is 2. The predicted octanol–water partition coefficient (Wildman–Crippen LogP) is 4.19. The molecular formula is C31H37F6N7O7. The zero-order chi connectivity index (χ0) is 38.5. The van der Waals surface area contributed by atoms with E-state index >= 15 is 0 Å². The van der Waals surface area contributed by atoms with Gasteiger partial charge in [0.15, 0.2) is 5.96 Å². The predicted molar refractivity (Wildman–Crippen MR) is 173 cm³/mol. The second kappa shape index (κ2) is 18.4. The summed E-state index contributed by atoms with van der Waals surface area (Å²) in [6.45, 7) is 2.40. The number of aliphatic imine (C=N–C) groups is 1. The van der Waals surface area contributed by atoms with Crippen molar-refractivity contribution in [1.29, 1.82) is 0 Å². The Bertz CT molecular complexity index is 1680. The highest BCUT2D eigenvalue weighted by atomic mass is 19.4. The molecule has 1 fully saturated rings. The van der Waals surface area contributed by atoms with Crippen LogP contribution in [0.4, 0.5) is 32.2 Å². The van der Waals surface area contributed by atoms with Crippen LogP contribution in [0, 0.1) is 6.92 Å². The molecule has 2 atom stereocenters. The summed E-state index contributed by atoms with van der Waals surface area (Å²) in [4.78, 5) is 44.5. The van der Waals surface area contributed by atoms with Gasteiger partial charge in [0, 0.05) is 11.9 Å². The van der Waals surface area contributed by atoms with E-state index < -0.39 is 24.3 Å². The average molecular weight is 734 g/mol. The van der Waals surface area contributed by atoms with Crippen LogP contribution in [-0.4, -0.2) is 89.2 Å². The molecule has 14 nitrogen and oxygen atoms in total. The summed E-state index contributed by atoms with van der Waals surface area (Å²) in [5.74, 6) is -3.61. The number of anilines is 1. The average Bonchev–Trinajstić information content (AvgIpc) is 3.05. The minimum absolute atomic E-state index is 0.00546. The number of guanidine groups is 1. The van der Waals surface area contributed by atoms with Crippen molar-refractivity contribution in [1.82, 2.24) is 15.3 Å².